The topological polar surface area (TPSA) is 135 Å². The zero-order valence-corrected chi connectivity index (χ0v) is 29.0. The Morgan fingerprint density at radius 1 is 0.896 bits per heavy atom. The highest BCUT2D eigenvalue weighted by molar-refractivity contribution is 8.36. The first kappa shape index (κ1) is 39.6. The maximum atomic E-state index is 14.1. The molecule has 48 heavy (non-hydrogen) atoms. The molecule has 0 fully saturated rings. The van der Waals surface area contributed by atoms with E-state index in [0.29, 0.717) is 43.8 Å². The molecule has 0 aliphatic heterocycles. The van der Waals surface area contributed by atoms with Crippen LogP contribution >= 0.6 is 17.6 Å². The van der Waals surface area contributed by atoms with Gasteiger partial charge >= 0.3 is 7.60 Å². The van der Waals surface area contributed by atoms with Gasteiger partial charge in [-0.05, 0) is 38.7 Å². The minimum atomic E-state index is -3.93. The van der Waals surface area contributed by atoms with E-state index in [-0.39, 0.29) is 12.4 Å². The number of benzene rings is 1. The summed E-state index contributed by atoms with van der Waals surface area (Å²) in [6.07, 6.45) is 12.4. The van der Waals surface area contributed by atoms with Crippen LogP contribution in [0, 0.1) is 40.3 Å². The minimum Gasteiger partial charge on any atom is -0.382 e. The molecule has 0 bridgehead atoms. The van der Waals surface area contributed by atoms with Gasteiger partial charge in [-0.15, -0.1) is 0 Å². The van der Waals surface area contributed by atoms with Gasteiger partial charge in [0.2, 0.25) is 5.82 Å². The molecule has 0 aliphatic rings. The van der Waals surface area contributed by atoms with Gasteiger partial charge in [0.1, 0.15) is 18.2 Å². The Bertz CT molecular complexity index is 1590. The Labute approximate surface area is 278 Å². The van der Waals surface area contributed by atoms with Crippen molar-refractivity contribution in [3.63, 3.8) is 0 Å². The molecule has 0 radical (unpaired) electrons. The normalized spacial score (nSPS) is 14.1. The molecule has 1 aromatic carbocycles. The maximum absolute atomic E-state index is 14.1. The number of halogens is 5. The molecule has 2 atom stereocenters. The van der Waals surface area contributed by atoms with Crippen molar-refractivity contribution in [2.75, 3.05) is 44.4 Å². The Kier molecular flexibility index (Phi) is 15.5. The SMILES string of the molecule is C[C@H](Cn1cnc2c(N)ncnc21)OCP(=O)(O)OCCCOCCCCCCCCCC#CS(C)(C)c1c(F)c(F)c(F)c(F)c1F. The Balaban J connectivity index is 1.17. The lowest BCUT2D eigenvalue weighted by molar-refractivity contribution is 0.0688. The van der Waals surface area contributed by atoms with Crippen molar-refractivity contribution >= 4 is 34.6 Å². The van der Waals surface area contributed by atoms with E-state index in [2.05, 4.69) is 26.1 Å². The van der Waals surface area contributed by atoms with E-state index in [1.165, 1.54) is 18.8 Å². The average Bonchev–Trinajstić information content (AvgIpc) is 3.45. The molecule has 0 saturated heterocycles. The minimum absolute atomic E-state index is 0.0637. The van der Waals surface area contributed by atoms with Gasteiger partial charge in [0.15, 0.2) is 34.7 Å². The number of ether oxygens (including phenoxy) is 2. The molecule has 0 saturated carbocycles. The molecule has 0 spiro atoms. The predicted molar refractivity (Wildman–Crippen MR) is 175 cm³/mol. The van der Waals surface area contributed by atoms with E-state index in [4.69, 9.17) is 19.7 Å². The smallest absolute Gasteiger partial charge is 0.353 e. The molecule has 1 unspecified atom stereocenters. The number of imidazole rings is 1. The van der Waals surface area contributed by atoms with Crippen molar-refractivity contribution in [1.82, 2.24) is 19.5 Å². The standard InChI is InChI=1S/C31H43F5N5O5PS/c1-22(18-41-20-40-28-30(37)38-19-39-31(28)41)45-21-47(42,43)46-16-13-15-44-14-11-9-7-5-4-6-8-10-12-17-48(2,3)29-26(35)24(33)23(32)25(34)27(29)36/h19-20,22H,4-11,13-16,18,21H2,1-3H3,(H,42,43)(H2,37,38,39)/t22-/m1/s1. The number of hydrogen-bond donors (Lipinski definition) is 2. The number of hydrogen-bond acceptors (Lipinski definition) is 8. The van der Waals surface area contributed by atoms with E-state index < -0.39 is 64.1 Å². The van der Waals surface area contributed by atoms with Crippen molar-refractivity contribution < 1.29 is 45.4 Å². The molecule has 0 amide bonds. The lowest BCUT2D eigenvalue weighted by atomic mass is 10.1. The summed E-state index contributed by atoms with van der Waals surface area (Å²) in [5.41, 5.74) is 6.82. The summed E-state index contributed by atoms with van der Waals surface area (Å²) >= 11 is 0. The summed E-state index contributed by atoms with van der Waals surface area (Å²) in [6, 6.07) is 0. The number of nitrogens with zero attached hydrogens (tertiary/aromatic N) is 4. The largest absolute Gasteiger partial charge is 0.382 e. The quantitative estimate of drug-likeness (QED) is 0.0308. The number of nitrogens with two attached hydrogens (primary N) is 1. The number of fused-ring (bicyclic) bond motifs is 1. The Hall–Kier alpha value is -2.80. The fourth-order valence-corrected chi connectivity index (χ4v) is 7.28. The summed E-state index contributed by atoms with van der Waals surface area (Å²) in [6.45, 7) is 3.15. The van der Waals surface area contributed by atoms with E-state index in [0.717, 1.165) is 44.9 Å². The molecule has 10 nitrogen and oxygen atoms in total. The van der Waals surface area contributed by atoms with Gasteiger partial charge in [0, 0.05) is 19.6 Å². The lowest BCUT2D eigenvalue weighted by Gasteiger charge is -2.26. The van der Waals surface area contributed by atoms with Crippen LogP contribution in [-0.2, 0) is 25.1 Å². The zero-order valence-electron chi connectivity index (χ0n) is 27.3. The molecule has 3 aromatic rings. The molecule has 0 aliphatic carbocycles. The van der Waals surface area contributed by atoms with Crippen LogP contribution in [0.4, 0.5) is 27.8 Å². The van der Waals surface area contributed by atoms with Crippen LogP contribution in [0.2, 0.25) is 0 Å². The third-order valence-electron chi connectivity index (χ3n) is 7.23. The molecule has 3 N–H and O–H groups in total. The summed E-state index contributed by atoms with van der Waals surface area (Å²) in [5, 5.41) is 2.74. The number of rotatable bonds is 20. The molecule has 17 heteroatoms. The first-order valence-corrected chi connectivity index (χ1v) is 19.8. The first-order valence-electron chi connectivity index (χ1n) is 15.6. The van der Waals surface area contributed by atoms with Crippen molar-refractivity contribution in [1.29, 1.82) is 0 Å². The van der Waals surface area contributed by atoms with Crippen LogP contribution in [0.1, 0.15) is 64.7 Å². The third kappa shape index (κ3) is 11.7. The van der Waals surface area contributed by atoms with Gasteiger partial charge in [-0.25, -0.2) is 36.9 Å². The van der Waals surface area contributed by atoms with E-state index in [1.807, 2.05) is 0 Å². The number of nitrogen functional groups attached to an aromatic ring is 1. The Morgan fingerprint density at radius 2 is 1.50 bits per heavy atom. The molecule has 268 valence electrons. The van der Waals surface area contributed by atoms with Gasteiger partial charge in [0.05, 0.1) is 30.5 Å². The molecule has 2 aromatic heterocycles. The fourth-order valence-electron chi connectivity index (χ4n) is 4.71. The van der Waals surface area contributed by atoms with Crippen LogP contribution in [0.5, 0.6) is 0 Å². The van der Waals surface area contributed by atoms with E-state index >= 15 is 0 Å². The number of unbranched alkanes of at least 4 members (excludes halogenated alkanes) is 7. The fraction of sp³-hybridized carbons (Fsp3) is 0.581. The van der Waals surface area contributed by atoms with Gasteiger partial charge in [0.25, 0.3) is 0 Å². The molecular weight excluding hydrogens is 680 g/mol. The van der Waals surface area contributed by atoms with Crippen LogP contribution in [0.3, 0.4) is 0 Å². The van der Waals surface area contributed by atoms with Crippen molar-refractivity contribution in [3.05, 3.63) is 41.7 Å². The van der Waals surface area contributed by atoms with Crippen LogP contribution < -0.4 is 5.73 Å². The highest BCUT2D eigenvalue weighted by atomic mass is 32.3. The van der Waals surface area contributed by atoms with Gasteiger partial charge in [-0.1, -0.05) is 43.3 Å². The molecule has 3 rings (SSSR count). The summed E-state index contributed by atoms with van der Waals surface area (Å²) in [4.78, 5) is 21.5. The van der Waals surface area contributed by atoms with Crippen LogP contribution in [-0.4, -0.2) is 69.2 Å². The van der Waals surface area contributed by atoms with Crippen molar-refractivity contribution in [3.8, 4) is 11.2 Å². The number of aromatic nitrogens is 4. The van der Waals surface area contributed by atoms with Gasteiger partial charge in [-0.2, -0.15) is 10.0 Å². The highest BCUT2D eigenvalue weighted by Gasteiger charge is 2.31. The van der Waals surface area contributed by atoms with Crippen LogP contribution in [0.15, 0.2) is 17.6 Å². The molecule has 2 heterocycles. The first-order chi connectivity index (χ1) is 22.7. The summed E-state index contributed by atoms with van der Waals surface area (Å²) in [5.74, 6) is -6.59. The predicted octanol–water partition coefficient (Wildman–Crippen LogP) is 7.28. The molecular formula is C31H43F5N5O5PS. The Morgan fingerprint density at radius 3 is 2.19 bits per heavy atom. The van der Waals surface area contributed by atoms with Gasteiger partial charge < -0.3 is 29.2 Å². The van der Waals surface area contributed by atoms with Crippen molar-refractivity contribution in [2.24, 2.45) is 0 Å². The van der Waals surface area contributed by atoms with Crippen LogP contribution in [0.25, 0.3) is 11.2 Å². The second-order valence-corrected chi connectivity index (χ2v) is 16.7. The average molecular weight is 724 g/mol. The van der Waals surface area contributed by atoms with E-state index in [9.17, 15) is 31.4 Å². The third-order valence-corrected chi connectivity index (χ3v) is 10.3. The van der Waals surface area contributed by atoms with Crippen molar-refractivity contribution in [2.45, 2.75) is 82.3 Å². The maximum Gasteiger partial charge on any atom is 0.353 e. The second kappa shape index (κ2) is 18.8. The second-order valence-electron chi connectivity index (χ2n) is 11.6. The van der Waals surface area contributed by atoms with E-state index in [1.54, 1.807) is 17.8 Å². The summed E-state index contributed by atoms with van der Waals surface area (Å²) < 4.78 is 99.1. The lowest BCUT2D eigenvalue weighted by Crippen LogP contribution is -2.17. The monoisotopic (exact) mass is 723 g/mol. The highest BCUT2D eigenvalue weighted by Crippen LogP contribution is 2.51. The zero-order chi connectivity index (χ0) is 35.3. The summed E-state index contributed by atoms with van der Waals surface area (Å²) in [7, 11) is -6.47. The number of anilines is 1. The van der Waals surface area contributed by atoms with Gasteiger partial charge in [-0.3, -0.25) is 4.57 Å².